The molecular weight excluding hydrogens is 288 g/mol. The van der Waals surface area contributed by atoms with Gasteiger partial charge in [-0.25, -0.2) is 9.13 Å². The minimum absolute atomic E-state index is 0.0755. The van der Waals surface area contributed by atoms with Crippen molar-refractivity contribution < 1.29 is 14.1 Å². The first-order valence-corrected chi connectivity index (χ1v) is 7.49. The minimum Gasteiger partial charge on any atom is -0.497 e. The summed E-state index contributed by atoms with van der Waals surface area (Å²) in [6, 6.07) is 17.3. The van der Waals surface area contributed by atoms with Gasteiger partial charge in [0.15, 0.2) is 6.54 Å². The number of aromatic nitrogens is 2. The number of nitrogens with zero attached hydrogens (tertiary/aromatic N) is 2. The van der Waals surface area contributed by atoms with E-state index in [4.69, 9.17) is 4.74 Å². The molecule has 0 N–H and O–H groups in total. The van der Waals surface area contributed by atoms with E-state index in [1.807, 2.05) is 54.2 Å². The monoisotopic (exact) mass is 307 g/mol. The number of Topliss-reactive ketones (excluding diaryl/α,β-unsaturated/α-hetero) is 1. The van der Waals surface area contributed by atoms with Crippen LogP contribution in [0.2, 0.25) is 0 Å². The average molecular weight is 307 g/mol. The average Bonchev–Trinajstić information content (AvgIpc) is 2.96. The van der Waals surface area contributed by atoms with Gasteiger partial charge in [0.25, 0.3) is 5.82 Å². The van der Waals surface area contributed by atoms with Crippen LogP contribution in [0.3, 0.4) is 0 Å². The third-order valence-electron chi connectivity index (χ3n) is 3.92. The summed E-state index contributed by atoms with van der Waals surface area (Å²) in [7, 11) is 1.61. The lowest BCUT2D eigenvalue weighted by Gasteiger charge is -2.03. The maximum Gasteiger partial charge on any atom is 0.258 e. The lowest BCUT2D eigenvalue weighted by atomic mass is 10.1. The quantitative estimate of drug-likeness (QED) is 0.536. The second-order valence-electron chi connectivity index (χ2n) is 5.33. The molecular formula is C19H19N2O2+. The first-order valence-electron chi connectivity index (χ1n) is 7.49. The van der Waals surface area contributed by atoms with E-state index in [-0.39, 0.29) is 5.78 Å². The largest absolute Gasteiger partial charge is 0.497 e. The molecule has 1 aromatic heterocycles. The Labute approximate surface area is 135 Å². The van der Waals surface area contributed by atoms with Crippen molar-refractivity contribution in [1.82, 2.24) is 4.57 Å². The van der Waals surface area contributed by atoms with E-state index in [0.29, 0.717) is 12.1 Å². The maximum atomic E-state index is 12.4. The molecule has 3 rings (SSSR count). The van der Waals surface area contributed by atoms with Crippen molar-refractivity contribution in [2.75, 3.05) is 7.11 Å². The zero-order chi connectivity index (χ0) is 16.2. The fraction of sp³-hybridized carbons (Fsp3) is 0.158. The number of hydrogen-bond donors (Lipinski definition) is 0. The number of ketones is 1. The molecule has 116 valence electrons. The lowest BCUT2D eigenvalue weighted by molar-refractivity contribution is -0.688. The standard InChI is InChI=1S/C19H19N2O2/c1-15-20(12-13-21(15)17-6-4-3-5-7-17)14-19(22)16-8-10-18(23-2)11-9-16/h3-13H,14H2,1-2H3/q+1. The van der Waals surface area contributed by atoms with Crippen molar-refractivity contribution in [3.8, 4) is 11.4 Å². The van der Waals surface area contributed by atoms with Crippen LogP contribution in [0.5, 0.6) is 5.75 Å². The molecule has 0 fully saturated rings. The summed E-state index contributed by atoms with van der Waals surface area (Å²) in [5.41, 5.74) is 1.77. The van der Waals surface area contributed by atoms with Gasteiger partial charge in [0, 0.05) is 12.5 Å². The number of ether oxygens (including phenoxy) is 1. The highest BCUT2D eigenvalue weighted by atomic mass is 16.5. The molecule has 23 heavy (non-hydrogen) atoms. The molecule has 4 nitrogen and oxygen atoms in total. The topological polar surface area (TPSA) is 35.1 Å². The molecule has 0 amide bonds. The van der Waals surface area contributed by atoms with E-state index >= 15 is 0 Å². The van der Waals surface area contributed by atoms with Gasteiger partial charge in [-0.05, 0) is 36.4 Å². The number of imidazole rings is 1. The van der Waals surface area contributed by atoms with Crippen LogP contribution >= 0.6 is 0 Å². The molecule has 1 heterocycles. The van der Waals surface area contributed by atoms with Crippen LogP contribution in [-0.4, -0.2) is 17.5 Å². The molecule has 0 radical (unpaired) electrons. The summed E-state index contributed by atoms with van der Waals surface area (Å²) >= 11 is 0. The molecule has 0 spiro atoms. The zero-order valence-corrected chi connectivity index (χ0v) is 13.3. The van der Waals surface area contributed by atoms with E-state index in [1.165, 1.54) is 0 Å². The molecule has 0 atom stereocenters. The zero-order valence-electron chi connectivity index (χ0n) is 13.3. The number of carbonyl (C=O) groups excluding carboxylic acids is 1. The number of benzene rings is 2. The first kappa shape index (κ1) is 15.0. The van der Waals surface area contributed by atoms with Gasteiger partial charge < -0.3 is 4.74 Å². The van der Waals surface area contributed by atoms with E-state index in [2.05, 4.69) is 4.57 Å². The molecule has 3 aromatic rings. The Hall–Kier alpha value is -2.88. The highest BCUT2D eigenvalue weighted by Gasteiger charge is 2.17. The van der Waals surface area contributed by atoms with Crippen LogP contribution in [0.15, 0.2) is 67.0 Å². The van der Waals surface area contributed by atoms with Gasteiger partial charge in [-0.1, -0.05) is 18.2 Å². The van der Waals surface area contributed by atoms with Gasteiger partial charge >= 0.3 is 0 Å². The van der Waals surface area contributed by atoms with Gasteiger partial charge in [0.2, 0.25) is 5.78 Å². The second kappa shape index (κ2) is 6.48. The summed E-state index contributed by atoms with van der Waals surface area (Å²) in [6.45, 7) is 2.33. The van der Waals surface area contributed by atoms with E-state index in [1.54, 1.807) is 31.4 Å². The predicted octanol–water partition coefficient (Wildman–Crippen LogP) is 2.96. The fourth-order valence-electron chi connectivity index (χ4n) is 2.55. The van der Waals surface area contributed by atoms with Crippen molar-refractivity contribution in [3.63, 3.8) is 0 Å². The van der Waals surface area contributed by atoms with Crippen LogP contribution in [0.1, 0.15) is 16.2 Å². The number of rotatable bonds is 5. The summed E-state index contributed by atoms with van der Waals surface area (Å²) < 4.78 is 9.15. The Kier molecular flexibility index (Phi) is 4.24. The van der Waals surface area contributed by atoms with Crippen molar-refractivity contribution in [1.29, 1.82) is 0 Å². The molecule has 4 heteroatoms. The molecule has 0 saturated carbocycles. The molecule has 0 unspecified atom stereocenters. The van der Waals surface area contributed by atoms with Gasteiger partial charge in [-0.3, -0.25) is 4.79 Å². The first-order chi connectivity index (χ1) is 11.2. The molecule has 2 aromatic carbocycles. The molecule has 0 aliphatic rings. The van der Waals surface area contributed by atoms with E-state index in [9.17, 15) is 4.79 Å². The third kappa shape index (κ3) is 3.16. The Morgan fingerprint density at radius 3 is 2.43 bits per heavy atom. The maximum absolute atomic E-state index is 12.4. The minimum atomic E-state index is 0.0755. The van der Waals surface area contributed by atoms with E-state index in [0.717, 1.165) is 17.3 Å². The van der Waals surface area contributed by atoms with Crippen molar-refractivity contribution in [2.45, 2.75) is 13.5 Å². The van der Waals surface area contributed by atoms with E-state index < -0.39 is 0 Å². The van der Waals surface area contributed by atoms with Crippen LogP contribution < -0.4 is 9.30 Å². The van der Waals surface area contributed by atoms with Gasteiger partial charge in [0.05, 0.1) is 7.11 Å². The number of hydrogen-bond acceptors (Lipinski definition) is 2. The number of carbonyl (C=O) groups is 1. The Balaban J connectivity index is 1.80. The van der Waals surface area contributed by atoms with Gasteiger partial charge in [-0.2, -0.15) is 0 Å². The van der Waals surface area contributed by atoms with Crippen LogP contribution in [0.4, 0.5) is 0 Å². The lowest BCUT2D eigenvalue weighted by Crippen LogP contribution is -2.39. The number of para-hydroxylation sites is 1. The summed E-state index contributed by atoms with van der Waals surface area (Å²) in [5, 5.41) is 0. The summed E-state index contributed by atoms with van der Waals surface area (Å²) in [5.74, 6) is 1.84. The summed E-state index contributed by atoms with van der Waals surface area (Å²) in [4.78, 5) is 12.4. The van der Waals surface area contributed by atoms with Crippen molar-refractivity contribution >= 4 is 5.78 Å². The predicted molar refractivity (Wildman–Crippen MR) is 88.0 cm³/mol. The Morgan fingerprint density at radius 1 is 1.09 bits per heavy atom. The highest BCUT2D eigenvalue weighted by Crippen LogP contribution is 2.12. The second-order valence-corrected chi connectivity index (χ2v) is 5.33. The normalized spacial score (nSPS) is 10.5. The van der Waals surface area contributed by atoms with Crippen LogP contribution in [-0.2, 0) is 6.54 Å². The highest BCUT2D eigenvalue weighted by molar-refractivity contribution is 5.95. The SMILES string of the molecule is COc1ccc(C(=O)C[n+]2ccn(-c3ccccc3)c2C)cc1. The molecule has 0 saturated heterocycles. The molecule has 0 bridgehead atoms. The Morgan fingerprint density at radius 2 is 1.78 bits per heavy atom. The van der Waals surface area contributed by atoms with Crippen molar-refractivity contribution in [2.24, 2.45) is 0 Å². The van der Waals surface area contributed by atoms with Crippen LogP contribution in [0.25, 0.3) is 5.69 Å². The van der Waals surface area contributed by atoms with Gasteiger partial charge in [0.1, 0.15) is 23.8 Å². The smallest absolute Gasteiger partial charge is 0.258 e. The Bertz CT molecular complexity index is 805. The third-order valence-corrected chi connectivity index (χ3v) is 3.92. The van der Waals surface area contributed by atoms with Crippen LogP contribution in [0, 0.1) is 6.92 Å². The molecule has 0 aliphatic carbocycles. The molecule has 0 aliphatic heterocycles. The summed E-state index contributed by atoms with van der Waals surface area (Å²) in [6.07, 6.45) is 3.91. The number of methoxy groups -OCH3 is 1. The fourth-order valence-corrected chi connectivity index (χ4v) is 2.55. The van der Waals surface area contributed by atoms with Gasteiger partial charge in [-0.15, -0.1) is 0 Å². The van der Waals surface area contributed by atoms with Crippen molar-refractivity contribution in [3.05, 3.63) is 78.4 Å².